The Morgan fingerprint density at radius 2 is 2.38 bits per heavy atom. The third kappa shape index (κ3) is 1.75. The minimum Gasteiger partial charge on any atom is -0.488 e. The van der Waals surface area contributed by atoms with Gasteiger partial charge in [-0.2, -0.15) is 0 Å². The number of anilines is 1. The van der Waals surface area contributed by atoms with Crippen LogP contribution < -0.4 is 10.1 Å². The lowest BCUT2D eigenvalue weighted by Crippen LogP contribution is -2.51. The molecule has 1 N–H and O–H groups in total. The predicted octanol–water partition coefficient (Wildman–Crippen LogP) is 2.19. The summed E-state index contributed by atoms with van der Waals surface area (Å²) in [5.74, 6) is 0.393. The second-order valence-electron chi connectivity index (χ2n) is 3.85. The average molecular weight is 286 g/mol. The van der Waals surface area contributed by atoms with Crippen molar-refractivity contribution < 1.29 is 14.3 Å². The van der Waals surface area contributed by atoms with Gasteiger partial charge >= 0.3 is 5.97 Å². The third-order valence-electron chi connectivity index (χ3n) is 2.53. The van der Waals surface area contributed by atoms with E-state index in [9.17, 15) is 4.79 Å². The second-order valence-corrected chi connectivity index (χ2v) is 4.70. The molecule has 1 unspecified atom stereocenters. The van der Waals surface area contributed by atoms with Gasteiger partial charge in [0.25, 0.3) is 0 Å². The zero-order valence-corrected chi connectivity index (χ0v) is 10.6. The van der Waals surface area contributed by atoms with Crippen LogP contribution in [0.2, 0.25) is 0 Å². The molecule has 0 saturated heterocycles. The number of hydrogen-bond donors (Lipinski definition) is 1. The lowest BCUT2D eigenvalue weighted by Gasteiger charge is -2.34. The molecule has 0 fully saturated rings. The molecule has 0 aliphatic carbocycles. The molecular formula is C11H12BrNO3. The van der Waals surface area contributed by atoms with Gasteiger partial charge in [0.15, 0.2) is 5.54 Å². The molecule has 5 heteroatoms. The highest BCUT2D eigenvalue weighted by atomic mass is 79.9. The van der Waals surface area contributed by atoms with Crippen molar-refractivity contribution in [2.45, 2.75) is 12.5 Å². The highest BCUT2D eigenvalue weighted by molar-refractivity contribution is 9.10. The van der Waals surface area contributed by atoms with Crippen molar-refractivity contribution in [1.82, 2.24) is 0 Å². The van der Waals surface area contributed by atoms with E-state index < -0.39 is 5.54 Å². The van der Waals surface area contributed by atoms with Crippen LogP contribution in [0.3, 0.4) is 0 Å². The van der Waals surface area contributed by atoms with Crippen molar-refractivity contribution >= 4 is 27.6 Å². The van der Waals surface area contributed by atoms with Crippen LogP contribution in [0.1, 0.15) is 6.92 Å². The molecule has 0 spiro atoms. The molecule has 1 aliphatic rings. The molecule has 1 heterocycles. The molecule has 0 saturated carbocycles. The number of carbonyl (C=O) groups is 1. The molecule has 1 atom stereocenters. The van der Waals surface area contributed by atoms with Gasteiger partial charge in [-0.25, -0.2) is 4.79 Å². The number of esters is 1. The summed E-state index contributed by atoms with van der Waals surface area (Å²) in [5, 5.41) is 3.15. The first kappa shape index (κ1) is 11.3. The number of methoxy groups -OCH3 is 1. The normalized spacial score (nSPS) is 22.7. The van der Waals surface area contributed by atoms with Crippen LogP contribution in [0, 0.1) is 0 Å². The van der Waals surface area contributed by atoms with Gasteiger partial charge < -0.3 is 14.8 Å². The van der Waals surface area contributed by atoms with Crippen molar-refractivity contribution in [3.8, 4) is 5.75 Å². The van der Waals surface area contributed by atoms with Crippen molar-refractivity contribution in [2.24, 2.45) is 0 Å². The molecule has 0 radical (unpaired) electrons. The van der Waals surface area contributed by atoms with Gasteiger partial charge in [-0.05, 0) is 35.0 Å². The fourth-order valence-corrected chi connectivity index (χ4v) is 2.06. The van der Waals surface area contributed by atoms with E-state index in [-0.39, 0.29) is 12.6 Å². The average Bonchev–Trinajstić information content (AvgIpc) is 2.29. The van der Waals surface area contributed by atoms with Crippen molar-refractivity contribution in [2.75, 3.05) is 19.0 Å². The standard InChI is InChI=1S/C11H12BrNO3/c1-11(10(14)15-2)6-16-8-5-3-4-7(12)9(8)13-11/h3-5,13H,6H2,1-2H3. The van der Waals surface area contributed by atoms with E-state index in [2.05, 4.69) is 21.2 Å². The number of carbonyl (C=O) groups excluding carboxylic acids is 1. The summed E-state index contributed by atoms with van der Waals surface area (Å²) >= 11 is 3.41. The second kappa shape index (κ2) is 3.97. The summed E-state index contributed by atoms with van der Waals surface area (Å²) < 4.78 is 11.2. The van der Waals surface area contributed by atoms with Crippen molar-refractivity contribution in [3.63, 3.8) is 0 Å². The van der Waals surface area contributed by atoms with Gasteiger partial charge in [-0.1, -0.05) is 6.07 Å². The maximum Gasteiger partial charge on any atom is 0.334 e. The van der Waals surface area contributed by atoms with E-state index in [1.807, 2.05) is 18.2 Å². The van der Waals surface area contributed by atoms with Crippen LogP contribution in [0.4, 0.5) is 5.69 Å². The predicted molar refractivity (Wildman–Crippen MR) is 63.7 cm³/mol. The van der Waals surface area contributed by atoms with Crippen LogP contribution in [0.25, 0.3) is 0 Å². The molecule has 0 aromatic heterocycles. The van der Waals surface area contributed by atoms with E-state index in [1.165, 1.54) is 7.11 Å². The monoisotopic (exact) mass is 285 g/mol. The molecular weight excluding hydrogens is 274 g/mol. The van der Waals surface area contributed by atoms with Crippen LogP contribution in [0.15, 0.2) is 22.7 Å². The fraction of sp³-hybridized carbons (Fsp3) is 0.364. The van der Waals surface area contributed by atoms with Crippen molar-refractivity contribution in [1.29, 1.82) is 0 Å². The number of ether oxygens (including phenoxy) is 2. The van der Waals surface area contributed by atoms with Gasteiger partial charge in [0.05, 0.1) is 12.8 Å². The van der Waals surface area contributed by atoms with Gasteiger partial charge in [0.2, 0.25) is 0 Å². The summed E-state index contributed by atoms with van der Waals surface area (Å²) in [6, 6.07) is 5.62. The van der Waals surface area contributed by atoms with E-state index in [0.717, 1.165) is 15.9 Å². The fourth-order valence-electron chi connectivity index (χ4n) is 1.62. The lowest BCUT2D eigenvalue weighted by molar-refractivity contribution is -0.146. The number of nitrogens with one attached hydrogen (secondary N) is 1. The zero-order valence-electron chi connectivity index (χ0n) is 9.04. The van der Waals surface area contributed by atoms with E-state index in [4.69, 9.17) is 9.47 Å². The molecule has 86 valence electrons. The van der Waals surface area contributed by atoms with Crippen LogP contribution in [-0.2, 0) is 9.53 Å². The van der Waals surface area contributed by atoms with E-state index >= 15 is 0 Å². The Balaban J connectivity index is 2.36. The number of para-hydroxylation sites is 1. The van der Waals surface area contributed by atoms with Gasteiger partial charge in [0.1, 0.15) is 12.4 Å². The minimum atomic E-state index is -0.842. The molecule has 16 heavy (non-hydrogen) atoms. The first-order valence-electron chi connectivity index (χ1n) is 4.85. The first-order valence-corrected chi connectivity index (χ1v) is 5.64. The number of rotatable bonds is 1. The highest BCUT2D eigenvalue weighted by Gasteiger charge is 2.39. The Morgan fingerprint density at radius 1 is 1.62 bits per heavy atom. The largest absolute Gasteiger partial charge is 0.488 e. The summed E-state index contributed by atoms with van der Waals surface area (Å²) in [4.78, 5) is 11.6. The molecule has 0 bridgehead atoms. The van der Waals surface area contributed by atoms with Crippen molar-refractivity contribution in [3.05, 3.63) is 22.7 Å². The number of fused-ring (bicyclic) bond motifs is 1. The van der Waals surface area contributed by atoms with E-state index in [1.54, 1.807) is 6.92 Å². The topological polar surface area (TPSA) is 47.6 Å². The van der Waals surface area contributed by atoms with Gasteiger partial charge in [0, 0.05) is 4.47 Å². The highest BCUT2D eigenvalue weighted by Crippen LogP contribution is 2.38. The summed E-state index contributed by atoms with van der Waals surface area (Å²) in [7, 11) is 1.37. The van der Waals surface area contributed by atoms with Gasteiger partial charge in [-0.3, -0.25) is 0 Å². The molecule has 4 nitrogen and oxygen atoms in total. The quantitative estimate of drug-likeness (QED) is 0.804. The van der Waals surface area contributed by atoms with Crippen LogP contribution in [0.5, 0.6) is 5.75 Å². The van der Waals surface area contributed by atoms with Crippen LogP contribution >= 0.6 is 15.9 Å². The molecule has 2 rings (SSSR count). The Kier molecular flexibility index (Phi) is 2.80. The Morgan fingerprint density at radius 3 is 3.06 bits per heavy atom. The SMILES string of the molecule is COC(=O)C1(C)COc2cccc(Br)c2N1. The summed E-state index contributed by atoms with van der Waals surface area (Å²) in [6.45, 7) is 2.00. The van der Waals surface area contributed by atoms with Crippen LogP contribution in [-0.4, -0.2) is 25.2 Å². The minimum absolute atomic E-state index is 0.253. The summed E-state index contributed by atoms with van der Waals surface area (Å²) in [6.07, 6.45) is 0. The first-order chi connectivity index (χ1) is 7.57. The van der Waals surface area contributed by atoms with Gasteiger partial charge in [-0.15, -0.1) is 0 Å². The zero-order chi connectivity index (χ0) is 11.8. The molecule has 0 amide bonds. The maximum atomic E-state index is 11.6. The lowest BCUT2D eigenvalue weighted by atomic mass is 10.0. The Bertz CT molecular complexity index is 435. The number of hydrogen-bond acceptors (Lipinski definition) is 4. The molecule has 1 aromatic rings. The Labute approximate surface area is 102 Å². The molecule has 1 aromatic carbocycles. The molecule has 1 aliphatic heterocycles. The third-order valence-corrected chi connectivity index (χ3v) is 3.19. The number of halogens is 1. The Hall–Kier alpha value is -1.23. The van der Waals surface area contributed by atoms with E-state index in [0.29, 0.717) is 0 Å². The number of benzene rings is 1. The summed E-state index contributed by atoms with van der Waals surface area (Å²) in [5.41, 5.74) is -0.0623. The maximum absolute atomic E-state index is 11.6. The smallest absolute Gasteiger partial charge is 0.334 e.